The highest BCUT2D eigenvalue weighted by Crippen LogP contribution is 2.17. The zero-order valence-electron chi connectivity index (χ0n) is 8.25. The molecule has 0 aromatic carbocycles. The third kappa shape index (κ3) is 3.35. The van der Waals surface area contributed by atoms with E-state index in [4.69, 9.17) is 0 Å². The Bertz CT molecular complexity index is 170. The van der Waals surface area contributed by atoms with Crippen molar-refractivity contribution >= 4 is 5.91 Å². The van der Waals surface area contributed by atoms with E-state index in [0.29, 0.717) is 6.42 Å². The number of aliphatic hydroxyl groups is 1. The Morgan fingerprint density at radius 3 is 2.77 bits per heavy atom. The van der Waals surface area contributed by atoms with Crippen LogP contribution < -0.4 is 5.32 Å². The maximum atomic E-state index is 11.1. The highest BCUT2D eigenvalue weighted by atomic mass is 16.3. The van der Waals surface area contributed by atoms with Crippen LogP contribution in [0, 0.1) is 0 Å². The standard InChI is InChI=1S/C10H19NO2/c1-2-10(13)11-8-6-4-3-5-7-9(8)12/h8-9,12H,2-7H2,1H3,(H,11,13)/t8-,9-/m1/s1. The van der Waals surface area contributed by atoms with Crippen LogP contribution in [0.4, 0.5) is 0 Å². The fourth-order valence-electron chi connectivity index (χ4n) is 1.77. The van der Waals surface area contributed by atoms with E-state index in [0.717, 1.165) is 25.7 Å². The van der Waals surface area contributed by atoms with Crippen molar-refractivity contribution in [3.8, 4) is 0 Å². The minimum absolute atomic E-state index is 0.00468. The van der Waals surface area contributed by atoms with Gasteiger partial charge < -0.3 is 10.4 Å². The van der Waals surface area contributed by atoms with Crippen LogP contribution >= 0.6 is 0 Å². The summed E-state index contributed by atoms with van der Waals surface area (Å²) in [4.78, 5) is 11.1. The van der Waals surface area contributed by atoms with Gasteiger partial charge in [0.2, 0.25) is 5.91 Å². The quantitative estimate of drug-likeness (QED) is 0.635. The van der Waals surface area contributed by atoms with Crippen LogP contribution in [0.15, 0.2) is 0 Å². The number of aliphatic hydroxyl groups excluding tert-OH is 1. The summed E-state index contributed by atoms with van der Waals surface area (Å²) in [5.41, 5.74) is 0. The molecule has 3 nitrogen and oxygen atoms in total. The van der Waals surface area contributed by atoms with E-state index in [9.17, 15) is 9.90 Å². The molecule has 0 unspecified atom stereocenters. The van der Waals surface area contributed by atoms with Crippen molar-refractivity contribution in [3.05, 3.63) is 0 Å². The predicted molar refractivity (Wildman–Crippen MR) is 51.3 cm³/mol. The summed E-state index contributed by atoms with van der Waals surface area (Å²) in [6.45, 7) is 1.83. The lowest BCUT2D eigenvalue weighted by molar-refractivity contribution is -0.122. The summed E-state index contributed by atoms with van der Waals surface area (Å²) in [6, 6.07) is -0.00468. The van der Waals surface area contributed by atoms with E-state index in [2.05, 4.69) is 5.32 Å². The first-order valence-corrected chi connectivity index (χ1v) is 5.21. The molecule has 3 heteroatoms. The van der Waals surface area contributed by atoms with Crippen molar-refractivity contribution < 1.29 is 9.90 Å². The van der Waals surface area contributed by atoms with Crippen LogP contribution in [-0.2, 0) is 4.79 Å². The zero-order chi connectivity index (χ0) is 9.68. The molecule has 0 radical (unpaired) electrons. The highest BCUT2D eigenvalue weighted by Gasteiger charge is 2.22. The summed E-state index contributed by atoms with van der Waals surface area (Å²) in [6.07, 6.45) is 5.30. The molecule has 0 aromatic rings. The summed E-state index contributed by atoms with van der Waals surface area (Å²) >= 11 is 0. The number of hydrogen-bond donors (Lipinski definition) is 2. The fourth-order valence-corrected chi connectivity index (χ4v) is 1.77. The lowest BCUT2D eigenvalue weighted by Gasteiger charge is -2.21. The molecule has 1 fully saturated rings. The van der Waals surface area contributed by atoms with Crippen LogP contribution in [-0.4, -0.2) is 23.2 Å². The van der Waals surface area contributed by atoms with Crippen molar-refractivity contribution in [1.29, 1.82) is 0 Å². The Labute approximate surface area is 79.5 Å². The third-order valence-corrected chi connectivity index (χ3v) is 2.65. The van der Waals surface area contributed by atoms with Gasteiger partial charge in [-0.2, -0.15) is 0 Å². The lowest BCUT2D eigenvalue weighted by Crippen LogP contribution is -2.42. The van der Waals surface area contributed by atoms with Gasteiger partial charge >= 0.3 is 0 Å². The molecule has 0 saturated heterocycles. The largest absolute Gasteiger partial charge is 0.391 e. The van der Waals surface area contributed by atoms with E-state index >= 15 is 0 Å². The van der Waals surface area contributed by atoms with Gasteiger partial charge in [-0.05, 0) is 12.8 Å². The van der Waals surface area contributed by atoms with Gasteiger partial charge in [-0.15, -0.1) is 0 Å². The number of hydrogen-bond acceptors (Lipinski definition) is 2. The molecule has 0 aliphatic heterocycles. The van der Waals surface area contributed by atoms with Crippen molar-refractivity contribution in [3.63, 3.8) is 0 Å². The number of rotatable bonds is 2. The second kappa shape index (κ2) is 5.22. The van der Waals surface area contributed by atoms with Crippen LogP contribution in [0.3, 0.4) is 0 Å². The Kier molecular flexibility index (Phi) is 4.22. The molecule has 0 heterocycles. The molecule has 1 rings (SSSR count). The molecule has 1 saturated carbocycles. The minimum atomic E-state index is -0.335. The SMILES string of the molecule is CCC(=O)N[C@@H]1CCCCC[C@H]1O. The Morgan fingerprint density at radius 1 is 1.38 bits per heavy atom. The van der Waals surface area contributed by atoms with Gasteiger partial charge in [0.15, 0.2) is 0 Å². The maximum Gasteiger partial charge on any atom is 0.220 e. The van der Waals surface area contributed by atoms with Crippen LogP contribution in [0.1, 0.15) is 45.4 Å². The van der Waals surface area contributed by atoms with Crippen molar-refractivity contribution in [1.82, 2.24) is 5.32 Å². The Morgan fingerprint density at radius 2 is 2.08 bits per heavy atom. The topological polar surface area (TPSA) is 49.3 Å². The van der Waals surface area contributed by atoms with E-state index in [1.165, 1.54) is 6.42 Å². The number of carbonyl (C=O) groups excluding carboxylic acids is 1. The van der Waals surface area contributed by atoms with E-state index in [1.807, 2.05) is 6.92 Å². The molecule has 1 aliphatic carbocycles. The van der Waals surface area contributed by atoms with Gasteiger partial charge in [-0.25, -0.2) is 0 Å². The second-order valence-electron chi connectivity index (χ2n) is 3.73. The molecule has 0 bridgehead atoms. The second-order valence-corrected chi connectivity index (χ2v) is 3.73. The van der Waals surface area contributed by atoms with Crippen LogP contribution in [0.25, 0.3) is 0 Å². The van der Waals surface area contributed by atoms with Gasteiger partial charge in [0.25, 0.3) is 0 Å². The van der Waals surface area contributed by atoms with Crippen LogP contribution in [0.2, 0.25) is 0 Å². The van der Waals surface area contributed by atoms with E-state index in [-0.39, 0.29) is 18.1 Å². The summed E-state index contributed by atoms with van der Waals surface area (Å²) in [7, 11) is 0. The van der Waals surface area contributed by atoms with Crippen molar-refractivity contribution in [2.45, 2.75) is 57.6 Å². The molecule has 2 N–H and O–H groups in total. The molecule has 13 heavy (non-hydrogen) atoms. The molecule has 0 spiro atoms. The molecular formula is C10H19NO2. The smallest absolute Gasteiger partial charge is 0.220 e. The molecule has 1 aliphatic rings. The monoisotopic (exact) mass is 185 g/mol. The van der Waals surface area contributed by atoms with Gasteiger partial charge in [0, 0.05) is 6.42 Å². The molecule has 1 amide bonds. The first-order chi connectivity index (χ1) is 6.24. The molecule has 76 valence electrons. The predicted octanol–water partition coefficient (Wildman–Crippen LogP) is 1.21. The van der Waals surface area contributed by atoms with E-state index in [1.54, 1.807) is 0 Å². The average molecular weight is 185 g/mol. The Balaban J connectivity index is 2.40. The highest BCUT2D eigenvalue weighted by molar-refractivity contribution is 5.75. The number of nitrogens with one attached hydrogen (secondary N) is 1. The zero-order valence-corrected chi connectivity index (χ0v) is 8.25. The molecule has 0 aromatic heterocycles. The average Bonchev–Trinajstić information content (AvgIpc) is 2.32. The number of amides is 1. The first kappa shape index (κ1) is 10.5. The van der Waals surface area contributed by atoms with E-state index < -0.39 is 0 Å². The first-order valence-electron chi connectivity index (χ1n) is 5.21. The van der Waals surface area contributed by atoms with Gasteiger partial charge in [0.1, 0.15) is 0 Å². The third-order valence-electron chi connectivity index (χ3n) is 2.65. The minimum Gasteiger partial charge on any atom is -0.391 e. The molecule has 2 atom stereocenters. The van der Waals surface area contributed by atoms with Crippen molar-refractivity contribution in [2.75, 3.05) is 0 Å². The molecular weight excluding hydrogens is 166 g/mol. The Hall–Kier alpha value is -0.570. The van der Waals surface area contributed by atoms with Gasteiger partial charge in [-0.1, -0.05) is 26.2 Å². The lowest BCUT2D eigenvalue weighted by atomic mass is 10.1. The van der Waals surface area contributed by atoms with Gasteiger partial charge in [0.05, 0.1) is 12.1 Å². The van der Waals surface area contributed by atoms with Gasteiger partial charge in [-0.3, -0.25) is 4.79 Å². The van der Waals surface area contributed by atoms with Crippen LogP contribution in [0.5, 0.6) is 0 Å². The summed E-state index contributed by atoms with van der Waals surface area (Å²) in [5.74, 6) is 0.0472. The summed E-state index contributed by atoms with van der Waals surface area (Å²) in [5, 5.41) is 12.5. The number of carbonyl (C=O) groups is 1. The van der Waals surface area contributed by atoms with Crippen molar-refractivity contribution in [2.24, 2.45) is 0 Å². The summed E-state index contributed by atoms with van der Waals surface area (Å²) < 4.78 is 0. The fraction of sp³-hybridized carbons (Fsp3) is 0.900. The maximum absolute atomic E-state index is 11.1. The normalized spacial score (nSPS) is 29.4.